The van der Waals surface area contributed by atoms with Crippen molar-refractivity contribution in [2.24, 2.45) is 11.7 Å². The zero-order chi connectivity index (χ0) is 15.4. The second kappa shape index (κ2) is 7.13. The number of benzene rings is 1. The van der Waals surface area contributed by atoms with Crippen molar-refractivity contribution in [3.05, 3.63) is 22.2 Å². The SMILES string of the molecule is COC(=O)CC(C)CC(N)c1cc2c(cc1Br)OCCO2. The monoisotopic (exact) mass is 357 g/mol. The zero-order valence-corrected chi connectivity index (χ0v) is 13.8. The molecule has 1 aliphatic heterocycles. The first kappa shape index (κ1) is 16.1. The number of halogens is 1. The lowest BCUT2D eigenvalue weighted by atomic mass is 9.94. The van der Waals surface area contributed by atoms with E-state index in [4.69, 9.17) is 15.2 Å². The number of nitrogens with two attached hydrogens (primary N) is 1. The molecule has 0 radical (unpaired) electrons. The van der Waals surface area contributed by atoms with Gasteiger partial charge in [0.1, 0.15) is 13.2 Å². The summed E-state index contributed by atoms with van der Waals surface area (Å²) in [7, 11) is 1.40. The molecule has 1 aromatic carbocycles. The molecule has 2 rings (SSSR count). The third kappa shape index (κ3) is 4.11. The molecule has 0 bridgehead atoms. The number of rotatable bonds is 5. The number of methoxy groups -OCH3 is 1. The van der Waals surface area contributed by atoms with Crippen molar-refractivity contribution in [2.45, 2.75) is 25.8 Å². The van der Waals surface area contributed by atoms with Gasteiger partial charge in [0.2, 0.25) is 0 Å². The summed E-state index contributed by atoms with van der Waals surface area (Å²) >= 11 is 3.52. The van der Waals surface area contributed by atoms with Crippen LogP contribution in [0.15, 0.2) is 16.6 Å². The first-order valence-corrected chi connectivity index (χ1v) is 7.72. The van der Waals surface area contributed by atoms with E-state index in [1.165, 1.54) is 7.11 Å². The second-order valence-electron chi connectivity index (χ2n) is 5.25. The van der Waals surface area contributed by atoms with Crippen LogP contribution in [0.2, 0.25) is 0 Å². The van der Waals surface area contributed by atoms with E-state index in [1.54, 1.807) is 0 Å². The molecular weight excluding hydrogens is 338 g/mol. The van der Waals surface area contributed by atoms with Gasteiger partial charge in [-0.2, -0.15) is 0 Å². The highest BCUT2D eigenvalue weighted by molar-refractivity contribution is 9.10. The molecule has 0 aliphatic carbocycles. The average molecular weight is 358 g/mol. The van der Waals surface area contributed by atoms with Gasteiger partial charge >= 0.3 is 5.97 Å². The number of ether oxygens (including phenoxy) is 3. The molecule has 0 amide bonds. The van der Waals surface area contributed by atoms with E-state index < -0.39 is 0 Å². The van der Waals surface area contributed by atoms with Crippen LogP contribution in [0.5, 0.6) is 11.5 Å². The Balaban J connectivity index is 2.08. The summed E-state index contributed by atoms with van der Waals surface area (Å²) in [6, 6.07) is 3.61. The Kier molecular flexibility index (Phi) is 5.47. The van der Waals surface area contributed by atoms with Crippen LogP contribution in [0.3, 0.4) is 0 Å². The Morgan fingerprint density at radius 1 is 1.38 bits per heavy atom. The minimum absolute atomic E-state index is 0.146. The number of hydrogen-bond acceptors (Lipinski definition) is 5. The standard InChI is InChI=1S/C15H20BrNO4/c1-9(6-15(18)19-2)5-12(17)10-7-13-14(8-11(10)16)21-4-3-20-13/h7-9,12H,3-6,17H2,1-2H3. The molecule has 6 heteroatoms. The smallest absolute Gasteiger partial charge is 0.305 e. The molecule has 1 aromatic rings. The minimum Gasteiger partial charge on any atom is -0.486 e. The van der Waals surface area contributed by atoms with Crippen molar-refractivity contribution >= 4 is 21.9 Å². The maximum absolute atomic E-state index is 11.3. The van der Waals surface area contributed by atoms with Crippen LogP contribution in [-0.4, -0.2) is 26.3 Å². The van der Waals surface area contributed by atoms with Gasteiger partial charge in [0.15, 0.2) is 11.5 Å². The van der Waals surface area contributed by atoms with Gasteiger partial charge in [-0.05, 0) is 30.0 Å². The number of fused-ring (bicyclic) bond motifs is 1. The van der Waals surface area contributed by atoms with Gasteiger partial charge in [-0.3, -0.25) is 4.79 Å². The van der Waals surface area contributed by atoms with Crippen LogP contribution < -0.4 is 15.2 Å². The summed E-state index contributed by atoms with van der Waals surface area (Å²) in [5.74, 6) is 1.38. The lowest BCUT2D eigenvalue weighted by molar-refractivity contribution is -0.141. The van der Waals surface area contributed by atoms with E-state index in [-0.39, 0.29) is 17.9 Å². The highest BCUT2D eigenvalue weighted by Gasteiger charge is 2.20. The van der Waals surface area contributed by atoms with E-state index in [9.17, 15) is 4.79 Å². The topological polar surface area (TPSA) is 70.8 Å². The summed E-state index contributed by atoms with van der Waals surface area (Å²) in [6.45, 7) is 3.09. The predicted molar refractivity (Wildman–Crippen MR) is 82.5 cm³/mol. The zero-order valence-electron chi connectivity index (χ0n) is 12.2. The maximum atomic E-state index is 11.3. The number of carbonyl (C=O) groups is 1. The van der Waals surface area contributed by atoms with Crippen LogP contribution in [0.1, 0.15) is 31.4 Å². The molecular formula is C15H20BrNO4. The number of esters is 1. The fraction of sp³-hybridized carbons (Fsp3) is 0.533. The average Bonchev–Trinajstić information content (AvgIpc) is 2.46. The Bertz CT molecular complexity index is 521. The molecule has 0 aromatic heterocycles. The Labute approximate surface area is 132 Å². The van der Waals surface area contributed by atoms with Gasteiger partial charge in [-0.25, -0.2) is 0 Å². The molecule has 21 heavy (non-hydrogen) atoms. The number of hydrogen-bond donors (Lipinski definition) is 1. The fourth-order valence-electron chi connectivity index (χ4n) is 2.38. The fourth-order valence-corrected chi connectivity index (χ4v) is 2.99. The van der Waals surface area contributed by atoms with Crippen molar-refractivity contribution in [1.29, 1.82) is 0 Å². The van der Waals surface area contributed by atoms with Crippen LogP contribution >= 0.6 is 15.9 Å². The highest BCUT2D eigenvalue weighted by atomic mass is 79.9. The van der Waals surface area contributed by atoms with Crippen molar-refractivity contribution in [3.63, 3.8) is 0 Å². The molecule has 2 atom stereocenters. The number of carbonyl (C=O) groups excluding carboxylic acids is 1. The van der Waals surface area contributed by atoms with Gasteiger partial charge in [-0.1, -0.05) is 22.9 Å². The van der Waals surface area contributed by atoms with Crippen molar-refractivity contribution in [1.82, 2.24) is 0 Å². The Morgan fingerprint density at radius 2 is 2.00 bits per heavy atom. The Hall–Kier alpha value is -1.27. The molecule has 5 nitrogen and oxygen atoms in total. The molecule has 2 N–H and O–H groups in total. The molecule has 0 saturated carbocycles. The Morgan fingerprint density at radius 3 is 2.62 bits per heavy atom. The molecule has 1 heterocycles. The third-order valence-corrected chi connectivity index (χ3v) is 4.15. The largest absolute Gasteiger partial charge is 0.486 e. The summed E-state index contributed by atoms with van der Waals surface area (Å²) < 4.78 is 16.7. The highest BCUT2D eigenvalue weighted by Crippen LogP contribution is 2.38. The van der Waals surface area contributed by atoms with Crippen molar-refractivity contribution in [3.8, 4) is 11.5 Å². The lowest BCUT2D eigenvalue weighted by Gasteiger charge is -2.23. The molecule has 0 fully saturated rings. The van der Waals surface area contributed by atoms with Gasteiger partial charge in [-0.15, -0.1) is 0 Å². The van der Waals surface area contributed by atoms with Gasteiger partial charge < -0.3 is 19.9 Å². The molecule has 1 aliphatic rings. The van der Waals surface area contributed by atoms with E-state index in [0.717, 1.165) is 21.5 Å². The third-order valence-electron chi connectivity index (χ3n) is 3.46. The quantitative estimate of drug-likeness (QED) is 0.820. The molecule has 0 spiro atoms. The van der Waals surface area contributed by atoms with Gasteiger partial charge in [0.25, 0.3) is 0 Å². The summed E-state index contributed by atoms with van der Waals surface area (Å²) in [4.78, 5) is 11.3. The normalized spacial score (nSPS) is 16.2. The lowest BCUT2D eigenvalue weighted by Crippen LogP contribution is -2.19. The van der Waals surface area contributed by atoms with Crippen molar-refractivity contribution in [2.75, 3.05) is 20.3 Å². The van der Waals surface area contributed by atoms with Crippen molar-refractivity contribution < 1.29 is 19.0 Å². The first-order chi connectivity index (χ1) is 10.0. The summed E-state index contributed by atoms with van der Waals surface area (Å²) in [5, 5.41) is 0. The first-order valence-electron chi connectivity index (χ1n) is 6.92. The van der Waals surface area contributed by atoms with E-state index in [0.29, 0.717) is 26.1 Å². The summed E-state index contributed by atoms with van der Waals surface area (Å²) in [5.41, 5.74) is 7.22. The maximum Gasteiger partial charge on any atom is 0.305 e. The van der Waals surface area contributed by atoms with E-state index in [2.05, 4.69) is 20.7 Å². The van der Waals surface area contributed by atoms with E-state index in [1.807, 2.05) is 19.1 Å². The molecule has 116 valence electrons. The van der Waals surface area contributed by atoms with Crippen LogP contribution in [0.25, 0.3) is 0 Å². The van der Waals surface area contributed by atoms with E-state index >= 15 is 0 Å². The molecule has 0 saturated heterocycles. The second-order valence-corrected chi connectivity index (χ2v) is 6.10. The van der Waals surface area contributed by atoms with Gasteiger partial charge in [0.05, 0.1) is 7.11 Å². The van der Waals surface area contributed by atoms with Crippen LogP contribution in [0.4, 0.5) is 0 Å². The molecule has 2 unspecified atom stereocenters. The minimum atomic E-state index is -0.212. The van der Waals surface area contributed by atoms with Crippen LogP contribution in [-0.2, 0) is 9.53 Å². The van der Waals surface area contributed by atoms with Gasteiger partial charge in [0, 0.05) is 16.9 Å². The summed E-state index contributed by atoms with van der Waals surface area (Å²) in [6.07, 6.45) is 1.06. The van der Waals surface area contributed by atoms with Crippen LogP contribution in [0, 0.1) is 5.92 Å². The predicted octanol–water partition coefficient (Wildman–Crippen LogP) is 2.81.